The molecule has 0 fully saturated rings. The molecular formula is C31H41IN4O8. The smallest absolute Gasteiger partial charge is 0.408 e. The molecule has 0 saturated carbocycles. The van der Waals surface area contributed by atoms with Gasteiger partial charge in [0, 0.05) is 6.42 Å². The Labute approximate surface area is 271 Å². The molecule has 44 heavy (non-hydrogen) atoms. The Hall–Kier alpha value is -3.88. The van der Waals surface area contributed by atoms with Crippen LogP contribution in [0.5, 0.6) is 5.75 Å². The van der Waals surface area contributed by atoms with E-state index in [4.69, 9.17) is 14.2 Å². The van der Waals surface area contributed by atoms with Crippen LogP contribution in [0.2, 0.25) is 0 Å². The van der Waals surface area contributed by atoms with Gasteiger partial charge in [0.2, 0.25) is 17.7 Å². The van der Waals surface area contributed by atoms with Crippen LogP contribution < -0.4 is 26.0 Å². The Morgan fingerprint density at radius 3 is 1.84 bits per heavy atom. The molecule has 0 spiro atoms. The van der Waals surface area contributed by atoms with E-state index in [0.29, 0.717) is 12.4 Å². The lowest BCUT2D eigenvalue weighted by Gasteiger charge is -2.23. The number of methoxy groups -OCH3 is 1. The van der Waals surface area contributed by atoms with E-state index in [1.807, 2.05) is 36.4 Å². The molecule has 240 valence electrons. The quantitative estimate of drug-likeness (QED) is 0.181. The molecular weight excluding hydrogens is 683 g/mol. The van der Waals surface area contributed by atoms with Crippen molar-refractivity contribution < 1.29 is 38.2 Å². The summed E-state index contributed by atoms with van der Waals surface area (Å²) in [4.78, 5) is 62.5. The maximum Gasteiger partial charge on any atom is 0.408 e. The average molecular weight is 725 g/mol. The second kappa shape index (κ2) is 16.8. The van der Waals surface area contributed by atoms with E-state index < -0.39 is 59.6 Å². The van der Waals surface area contributed by atoms with Crippen molar-refractivity contribution in [1.29, 1.82) is 0 Å². The molecule has 0 saturated heterocycles. The summed E-state index contributed by atoms with van der Waals surface area (Å²) in [6.07, 6.45) is -0.631. The number of carbonyl (C=O) groups excluding carboxylic acids is 5. The third-order valence-electron chi connectivity index (χ3n) is 6.11. The minimum atomic E-state index is -1.04. The Balaban J connectivity index is 1.93. The van der Waals surface area contributed by atoms with Gasteiger partial charge in [-0.15, -0.1) is 0 Å². The highest BCUT2D eigenvalue weighted by Gasteiger charge is 2.28. The van der Waals surface area contributed by atoms with Crippen LogP contribution >= 0.6 is 22.6 Å². The van der Waals surface area contributed by atoms with E-state index in [-0.39, 0.29) is 6.42 Å². The van der Waals surface area contributed by atoms with Crippen molar-refractivity contribution in [2.45, 2.75) is 84.3 Å². The molecule has 4 atom stereocenters. The predicted molar refractivity (Wildman–Crippen MR) is 172 cm³/mol. The van der Waals surface area contributed by atoms with Gasteiger partial charge in [-0.25, -0.2) is 9.59 Å². The van der Waals surface area contributed by atoms with Crippen LogP contribution in [0.1, 0.15) is 52.7 Å². The molecule has 0 aliphatic heterocycles. The highest BCUT2D eigenvalue weighted by atomic mass is 127. The Morgan fingerprint density at radius 2 is 1.32 bits per heavy atom. The first-order valence-electron chi connectivity index (χ1n) is 14.0. The van der Waals surface area contributed by atoms with E-state index in [1.54, 1.807) is 32.9 Å². The van der Waals surface area contributed by atoms with Gasteiger partial charge in [0.05, 0.1) is 10.7 Å². The third kappa shape index (κ3) is 12.4. The minimum Gasteiger partial charge on any atom is -0.488 e. The van der Waals surface area contributed by atoms with Crippen molar-refractivity contribution in [2.75, 3.05) is 7.11 Å². The van der Waals surface area contributed by atoms with Crippen LogP contribution in [0.3, 0.4) is 0 Å². The Bertz CT molecular complexity index is 1320. The SMILES string of the molecule is COC(=O)[C@H](Cc1ccc(OCc2ccccc2)c(I)c1)NC(=O)[C@H](C)NC(=O)[C@H](C)NC(=O)[C@H](C)NC(=O)OC(C)(C)C. The topological polar surface area (TPSA) is 161 Å². The Morgan fingerprint density at radius 1 is 0.773 bits per heavy atom. The van der Waals surface area contributed by atoms with Crippen molar-refractivity contribution in [1.82, 2.24) is 21.3 Å². The fourth-order valence-corrected chi connectivity index (χ4v) is 4.48. The normalized spacial score (nSPS) is 13.7. The van der Waals surface area contributed by atoms with Crippen LogP contribution in [0.25, 0.3) is 0 Å². The first-order valence-corrected chi connectivity index (χ1v) is 15.1. The van der Waals surface area contributed by atoms with Crippen molar-refractivity contribution in [2.24, 2.45) is 0 Å². The first-order chi connectivity index (χ1) is 20.6. The fraction of sp³-hybridized carbons (Fsp3) is 0.452. The zero-order chi connectivity index (χ0) is 33.0. The standard InChI is InChI=1S/C31H41IN4O8/c1-18(33-27(38)20(3)35-30(41)44-31(4,5)6)26(37)34-19(2)28(39)36-24(29(40)42-7)16-22-13-14-25(23(32)15-22)43-17-21-11-9-8-10-12-21/h8-15,18-20,24H,16-17H2,1-7H3,(H,33,38)(H,34,37)(H,35,41)(H,36,39)/t18-,19-,20-,24-/m0/s1. The minimum absolute atomic E-state index is 0.142. The van der Waals surface area contributed by atoms with E-state index >= 15 is 0 Å². The number of rotatable bonds is 13. The van der Waals surface area contributed by atoms with Gasteiger partial charge in [-0.1, -0.05) is 36.4 Å². The number of benzene rings is 2. The molecule has 0 bridgehead atoms. The highest BCUT2D eigenvalue weighted by Crippen LogP contribution is 2.24. The maximum atomic E-state index is 12.9. The van der Waals surface area contributed by atoms with Crippen LogP contribution in [-0.2, 0) is 41.7 Å². The van der Waals surface area contributed by atoms with E-state index in [0.717, 1.165) is 14.7 Å². The van der Waals surface area contributed by atoms with E-state index in [9.17, 15) is 24.0 Å². The van der Waals surface area contributed by atoms with E-state index in [1.165, 1.54) is 27.9 Å². The van der Waals surface area contributed by atoms with Crippen molar-refractivity contribution in [3.8, 4) is 5.75 Å². The first kappa shape index (κ1) is 36.3. The number of amides is 4. The number of nitrogens with one attached hydrogen (secondary N) is 4. The fourth-order valence-electron chi connectivity index (χ4n) is 3.75. The largest absolute Gasteiger partial charge is 0.488 e. The maximum absolute atomic E-state index is 12.9. The molecule has 13 heteroatoms. The highest BCUT2D eigenvalue weighted by molar-refractivity contribution is 14.1. The Kier molecular flexibility index (Phi) is 13.9. The van der Waals surface area contributed by atoms with Gasteiger partial charge in [-0.05, 0) is 87.4 Å². The van der Waals surface area contributed by atoms with Gasteiger partial charge in [0.15, 0.2) is 0 Å². The monoisotopic (exact) mass is 724 g/mol. The molecule has 0 unspecified atom stereocenters. The summed E-state index contributed by atoms with van der Waals surface area (Å²) >= 11 is 2.15. The predicted octanol–water partition coefficient (Wildman–Crippen LogP) is 2.99. The number of ether oxygens (including phenoxy) is 3. The summed E-state index contributed by atoms with van der Waals surface area (Å²) in [5.74, 6) is -1.84. The van der Waals surface area contributed by atoms with Crippen LogP contribution in [-0.4, -0.2) is 66.7 Å². The number of hydrogen-bond donors (Lipinski definition) is 4. The summed E-state index contributed by atoms with van der Waals surface area (Å²) in [7, 11) is 1.22. The van der Waals surface area contributed by atoms with Crippen LogP contribution in [0, 0.1) is 3.57 Å². The van der Waals surface area contributed by atoms with Gasteiger partial charge in [-0.3, -0.25) is 14.4 Å². The van der Waals surface area contributed by atoms with Crippen LogP contribution in [0.4, 0.5) is 4.79 Å². The zero-order valence-electron chi connectivity index (χ0n) is 26.0. The second-order valence-corrected chi connectivity index (χ2v) is 12.3. The molecule has 0 radical (unpaired) electrons. The van der Waals surface area contributed by atoms with Gasteiger partial charge in [-0.2, -0.15) is 0 Å². The van der Waals surface area contributed by atoms with Gasteiger partial charge in [0.25, 0.3) is 0 Å². The van der Waals surface area contributed by atoms with Crippen molar-refractivity contribution in [3.63, 3.8) is 0 Å². The van der Waals surface area contributed by atoms with Crippen molar-refractivity contribution in [3.05, 3.63) is 63.2 Å². The number of esters is 1. The number of halogens is 1. The summed E-state index contributed by atoms with van der Waals surface area (Å²) in [5, 5.41) is 10.0. The zero-order valence-corrected chi connectivity index (χ0v) is 28.1. The average Bonchev–Trinajstić information content (AvgIpc) is 2.95. The summed E-state index contributed by atoms with van der Waals surface area (Å²) in [5.41, 5.74) is 1.06. The van der Waals surface area contributed by atoms with Gasteiger partial charge in [0.1, 0.15) is 42.1 Å². The lowest BCUT2D eigenvalue weighted by molar-refractivity contribution is -0.145. The van der Waals surface area contributed by atoms with E-state index in [2.05, 4.69) is 43.9 Å². The summed E-state index contributed by atoms with van der Waals surface area (Å²) in [6, 6.07) is 11.2. The lowest BCUT2D eigenvalue weighted by Crippen LogP contribution is -2.56. The molecule has 4 N–H and O–H groups in total. The number of hydrogen-bond acceptors (Lipinski definition) is 8. The molecule has 2 aromatic rings. The van der Waals surface area contributed by atoms with Crippen LogP contribution in [0.15, 0.2) is 48.5 Å². The number of alkyl carbamates (subject to hydrolysis) is 1. The molecule has 0 aliphatic carbocycles. The van der Waals surface area contributed by atoms with Gasteiger partial charge >= 0.3 is 12.1 Å². The lowest BCUT2D eigenvalue weighted by atomic mass is 10.1. The number of carbonyl (C=O) groups is 5. The second-order valence-electron chi connectivity index (χ2n) is 11.2. The summed E-state index contributed by atoms with van der Waals surface area (Å²) < 4.78 is 16.8. The molecule has 12 nitrogen and oxygen atoms in total. The van der Waals surface area contributed by atoms with Gasteiger partial charge < -0.3 is 35.5 Å². The molecule has 0 aliphatic rings. The third-order valence-corrected chi connectivity index (χ3v) is 6.95. The molecule has 0 aromatic heterocycles. The molecule has 2 aromatic carbocycles. The van der Waals surface area contributed by atoms with Crippen molar-refractivity contribution >= 4 is 52.4 Å². The summed E-state index contributed by atoms with van der Waals surface area (Å²) in [6.45, 7) is 9.81. The molecule has 2 rings (SSSR count). The molecule has 4 amide bonds. The molecule has 0 heterocycles.